The second-order valence-corrected chi connectivity index (χ2v) is 4.23. The van der Waals surface area contributed by atoms with Gasteiger partial charge in [-0.25, -0.2) is 4.98 Å². The van der Waals surface area contributed by atoms with Crippen LogP contribution in [0.5, 0.6) is 0 Å². The van der Waals surface area contributed by atoms with E-state index in [0.29, 0.717) is 0 Å². The first-order chi connectivity index (χ1) is 8.31. The Kier molecular flexibility index (Phi) is 3.81. The van der Waals surface area contributed by atoms with Crippen molar-refractivity contribution in [3.05, 3.63) is 47.5 Å². The summed E-state index contributed by atoms with van der Waals surface area (Å²) in [4.78, 5) is 7.38. The van der Waals surface area contributed by atoms with Crippen molar-refractivity contribution in [2.24, 2.45) is 0 Å². The van der Waals surface area contributed by atoms with E-state index < -0.39 is 0 Å². The van der Waals surface area contributed by atoms with Gasteiger partial charge in [-0.2, -0.15) is 0 Å². The van der Waals surface area contributed by atoms with Gasteiger partial charge in [-0.3, -0.25) is 0 Å². The Morgan fingerprint density at radius 3 is 2.82 bits per heavy atom. The molecular formula is C14H19N3. The highest BCUT2D eigenvalue weighted by atomic mass is 14.9. The van der Waals surface area contributed by atoms with Crippen LogP contribution in [0.1, 0.15) is 30.3 Å². The lowest BCUT2D eigenvalue weighted by molar-refractivity contribution is 0.917. The highest BCUT2D eigenvalue weighted by molar-refractivity contribution is 5.51. The zero-order valence-electron chi connectivity index (χ0n) is 10.5. The van der Waals surface area contributed by atoms with Crippen molar-refractivity contribution in [2.45, 2.75) is 33.2 Å². The third kappa shape index (κ3) is 2.87. The highest BCUT2D eigenvalue weighted by Crippen LogP contribution is 2.17. The standard InChI is InChI=1S/C14H19N3/c1-3-6-12-7-4-5-8-13(12)15-9-14-11(2)16-10-17-14/h4-5,7-8,10,15H,3,6,9H2,1-2H3,(H,16,17). The van der Waals surface area contributed by atoms with E-state index in [1.54, 1.807) is 6.33 Å². The molecule has 0 amide bonds. The van der Waals surface area contributed by atoms with Crippen LogP contribution in [0.3, 0.4) is 0 Å². The van der Waals surface area contributed by atoms with E-state index in [2.05, 4.69) is 46.5 Å². The molecule has 0 bridgehead atoms. The fourth-order valence-corrected chi connectivity index (χ4v) is 1.92. The molecule has 0 saturated heterocycles. The summed E-state index contributed by atoms with van der Waals surface area (Å²) in [7, 11) is 0. The zero-order valence-corrected chi connectivity index (χ0v) is 10.5. The van der Waals surface area contributed by atoms with Gasteiger partial charge in [0, 0.05) is 11.4 Å². The molecule has 90 valence electrons. The van der Waals surface area contributed by atoms with Crippen molar-refractivity contribution in [3.63, 3.8) is 0 Å². The Labute approximate surface area is 102 Å². The van der Waals surface area contributed by atoms with Gasteiger partial charge >= 0.3 is 0 Å². The predicted octanol–water partition coefficient (Wildman–Crippen LogP) is 3.28. The maximum atomic E-state index is 4.29. The number of aromatic nitrogens is 2. The molecule has 2 aromatic rings. The number of aryl methyl sites for hydroxylation is 2. The van der Waals surface area contributed by atoms with Crippen LogP contribution in [0.25, 0.3) is 0 Å². The molecule has 0 atom stereocenters. The van der Waals surface area contributed by atoms with E-state index in [4.69, 9.17) is 0 Å². The molecule has 0 spiro atoms. The summed E-state index contributed by atoms with van der Waals surface area (Å²) >= 11 is 0. The fourth-order valence-electron chi connectivity index (χ4n) is 1.92. The number of hydrogen-bond acceptors (Lipinski definition) is 2. The topological polar surface area (TPSA) is 40.7 Å². The Morgan fingerprint density at radius 2 is 2.12 bits per heavy atom. The van der Waals surface area contributed by atoms with Crippen molar-refractivity contribution >= 4 is 5.69 Å². The molecule has 1 aromatic heterocycles. The van der Waals surface area contributed by atoms with Gasteiger partial charge in [0.2, 0.25) is 0 Å². The largest absolute Gasteiger partial charge is 0.379 e. The maximum Gasteiger partial charge on any atom is 0.0925 e. The number of aromatic amines is 1. The van der Waals surface area contributed by atoms with Gasteiger partial charge in [-0.15, -0.1) is 0 Å². The first-order valence-corrected chi connectivity index (χ1v) is 6.12. The lowest BCUT2D eigenvalue weighted by Crippen LogP contribution is -2.03. The van der Waals surface area contributed by atoms with Crippen LogP contribution in [-0.2, 0) is 13.0 Å². The summed E-state index contributed by atoms with van der Waals surface area (Å²) in [5.74, 6) is 0. The minimum absolute atomic E-state index is 0.774. The minimum atomic E-state index is 0.774. The lowest BCUT2D eigenvalue weighted by Gasteiger charge is -2.10. The number of anilines is 1. The highest BCUT2D eigenvalue weighted by Gasteiger charge is 2.03. The second kappa shape index (κ2) is 5.53. The molecule has 2 N–H and O–H groups in total. The third-order valence-corrected chi connectivity index (χ3v) is 2.92. The first kappa shape index (κ1) is 11.7. The average Bonchev–Trinajstić information content (AvgIpc) is 2.74. The first-order valence-electron chi connectivity index (χ1n) is 6.12. The molecule has 0 saturated carbocycles. The average molecular weight is 229 g/mol. The number of para-hydroxylation sites is 1. The second-order valence-electron chi connectivity index (χ2n) is 4.23. The Morgan fingerprint density at radius 1 is 1.29 bits per heavy atom. The van der Waals surface area contributed by atoms with E-state index in [9.17, 15) is 0 Å². The van der Waals surface area contributed by atoms with Gasteiger partial charge < -0.3 is 10.3 Å². The van der Waals surface area contributed by atoms with Crippen LogP contribution in [0.2, 0.25) is 0 Å². The molecule has 3 heteroatoms. The lowest BCUT2D eigenvalue weighted by atomic mass is 10.1. The van der Waals surface area contributed by atoms with Crippen LogP contribution >= 0.6 is 0 Å². The van der Waals surface area contributed by atoms with E-state index >= 15 is 0 Å². The summed E-state index contributed by atoms with van der Waals surface area (Å²) in [5.41, 5.74) is 4.81. The normalized spacial score (nSPS) is 10.5. The summed E-state index contributed by atoms with van der Waals surface area (Å²) in [6.45, 7) is 5.02. The van der Waals surface area contributed by atoms with Crippen LogP contribution < -0.4 is 5.32 Å². The summed E-state index contributed by atoms with van der Waals surface area (Å²) < 4.78 is 0. The Bertz CT molecular complexity index is 474. The molecule has 1 aromatic carbocycles. The Balaban J connectivity index is 2.06. The van der Waals surface area contributed by atoms with Crippen LogP contribution in [0, 0.1) is 6.92 Å². The van der Waals surface area contributed by atoms with Crippen molar-refractivity contribution in [2.75, 3.05) is 5.32 Å². The van der Waals surface area contributed by atoms with Gasteiger partial charge in [0.1, 0.15) is 0 Å². The maximum absolute atomic E-state index is 4.29. The van der Waals surface area contributed by atoms with E-state index in [0.717, 1.165) is 24.4 Å². The van der Waals surface area contributed by atoms with Crippen molar-refractivity contribution in [1.82, 2.24) is 9.97 Å². The van der Waals surface area contributed by atoms with E-state index in [1.165, 1.54) is 17.7 Å². The number of rotatable bonds is 5. The van der Waals surface area contributed by atoms with Crippen molar-refractivity contribution < 1.29 is 0 Å². The summed E-state index contributed by atoms with van der Waals surface area (Å²) in [5, 5.41) is 3.46. The van der Waals surface area contributed by atoms with Crippen LogP contribution in [0.15, 0.2) is 30.6 Å². The van der Waals surface area contributed by atoms with Gasteiger partial charge in [0.25, 0.3) is 0 Å². The number of H-pyrrole nitrogens is 1. The molecule has 0 aliphatic rings. The molecule has 0 aliphatic heterocycles. The molecule has 0 radical (unpaired) electrons. The number of imidazole rings is 1. The monoisotopic (exact) mass is 229 g/mol. The molecule has 0 aliphatic carbocycles. The molecule has 17 heavy (non-hydrogen) atoms. The summed E-state index contributed by atoms with van der Waals surface area (Å²) in [6, 6.07) is 8.48. The fraction of sp³-hybridized carbons (Fsp3) is 0.357. The quantitative estimate of drug-likeness (QED) is 0.826. The molecule has 0 fully saturated rings. The van der Waals surface area contributed by atoms with Gasteiger partial charge in [0.15, 0.2) is 0 Å². The zero-order chi connectivity index (χ0) is 12.1. The van der Waals surface area contributed by atoms with Crippen molar-refractivity contribution in [3.8, 4) is 0 Å². The van der Waals surface area contributed by atoms with E-state index in [-0.39, 0.29) is 0 Å². The minimum Gasteiger partial charge on any atom is -0.379 e. The predicted molar refractivity (Wildman–Crippen MR) is 71.1 cm³/mol. The van der Waals surface area contributed by atoms with Crippen molar-refractivity contribution in [1.29, 1.82) is 0 Å². The van der Waals surface area contributed by atoms with Crippen LogP contribution in [-0.4, -0.2) is 9.97 Å². The number of benzene rings is 1. The summed E-state index contributed by atoms with van der Waals surface area (Å²) in [6.07, 6.45) is 4.02. The third-order valence-electron chi connectivity index (χ3n) is 2.92. The molecule has 2 rings (SSSR count). The molecule has 3 nitrogen and oxygen atoms in total. The van der Waals surface area contributed by atoms with Crippen LogP contribution in [0.4, 0.5) is 5.69 Å². The van der Waals surface area contributed by atoms with Gasteiger partial charge in [0.05, 0.1) is 18.6 Å². The molecule has 0 unspecified atom stereocenters. The SMILES string of the molecule is CCCc1ccccc1NCc1nc[nH]c1C. The van der Waals surface area contributed by atoms with E-state index in [1.807, 2.05) is 6.92 Å². The van der Waals surface area contributed by atoms with Gasteiger partial charge in [-0.05, 0) is 25.0 Å². The molecule has 1 heterocycles. The molecular weight excluding hydrogens is 210 g/mol. The number of hydrogen-bond donors (Lipinski definition) is 2. The smallest absolute Gasteiger partial charge is 0.0925 e. The Hall–Kier alpha value is -1.77. The van der Waals surface area contributed by atoms with Gasteiger partial charge in [-0.1, -0.05) is 31.5 Å². The number of nitrogens with zero attached hydrogens (tertiary/aromatic N) is 1. The number of nitrogens with one attached hydrogen (secondary N) is 2.